The van der Waals surface area contributed by atoms with Crippen molar-refractivity contribution in [3.8, 4) is 0 Å². The summed E-state index contributed by atoms with van der Waals surface area (Å²) in [6.45, 7) is 4.10. The monoisotopic (exact) mass is 221 g/mol. The Morgan fingerprint density at radius 1 is 1.43 bits per heavy atom. The number of alkyl carbamates (subject to hydrolysis) is 1. The maximum atomic E-state index is 11.3. The molecule has 0 bridgehead atoms. The van der Waals surface area contributed by atoms with Crippen molar-refractivity contribution in [3.63, 3.8) is 0 Å². The van der Waals surface area contributed by atoms with Crippen LogP contribution >= 0.6 is 11.6 Å². The van der Waals surface area contributed by atoms with Crippen molar-refractivity contribution in [3.05, 3.63) is 0 Å². The van der Waals surface area contributed by atoms with E-state index in [1.807, 2.05) is 13.8 Å². The third-order valence-electron chi connectivity index (χ3n) is 2.00. The number of ether oxygens (including phenoxy) is 1. The van der Waals surface area contributed by atoms with Crippen LogP contribution in [0.1, 0.15) is 13.8 Å². The van der Waals surface area contributed by atoms with Crippen LogP contribution < -0.4 is 5.32 Å². The summed E-state index contributed by atoms with van der Waals surface area (Å²) in [4.78, 5) is 22.1. The van der Waals surface area contributed by atoms with Gasteiger partial charge in [-0.1, -0.05) is 13.8 Å². The van der Waals surface area contributed by atoms with Crippen molar-refractivity contribution in [2.24, 2.45) is 11.8 Å². The second-order valence-corrected chi connectivity index (χ2v) is 3.59. The minimum Gasteiger partial charge on any atom is -0.453 e. The molecule has 0 saturated heterocycles. The van der Waals surface area contributed by atoms with E-state index in [0.29, 0.717) is 0 Å². The maximum absolute atomic E-state index is 11.3. The average molecular weight is 222 g/mol. The normalized spacial score (nSPS) is 12.4. The largest absolute Gasteiger partial charge is 0.453 e. The summed E-state index contributed by atoms with van der Waals surface area (Å²) < 4.78 is 4.40. The zero-order valence-electron chi connectivity index (χ0n) is 8.67. The highest BCUT2D eigenvalue weighted by Gasteiger charge is 2.21. The first-order chi connectivity index (χ1) is 6.52. The Morgan fingerprint density at radius 2 is 2.00 bits per heavy atom. The number of methoxy groups -OCH3 is 1. The van der Waals surface area contributed by atoms with Crippen LogP contribution in [0.5, 0.6) is 0 Å². The molecular formula is C9H16ClNO3. The molecule has 0 aliphatic carbocycles. The standard InChI is InChI=1S/C9H16ClNO3/c1-6(2)7(8(12)4-10)5-11-9(13)14-3/h6-7H,4-5H2,1-3H3,(H,11,13). The number of amides is 1. The molecule has 5 heteroatoms. The van der Waals surface area contributed by atoms with E-state index in [1.54, 1.807) is 0 Å². The van der Waals surface area contributed by atoms with Gasteiger partial charge in [-0.05, 0) is 5.92 Å². The van der Waals surface area contributed by atoms with E-state index >= 15 is 0 Å². The Balaban J connectivity index is 4.11. The average Bonchev–Trinajstić information content (AvgIpc) is 2.16. The molecule has 14 heavy (non-hydrogen) atoms. The number of Topliss-reactive ketones (excluding diaryl/α,β-unsaturated/α-hetero) is 1. The number of rotatable bonds is 5. The maximum Gasteiger partial charge on any atom is 0.406 e. The molecule has 0 radical (unpaired) electrons. The Morgan fingerprint density at radius 3 is 2.36 bits per heavy atom. The van der Waals surface area contributed by atoms with E-state index < -0.39 is 6.09 Å². The molecule has 1 atom stereocenters. The zero-order valence-corrected chi connectivity index (χ0v) is 9.43. The predicted molar refractivity (Wildman–Crippen MR) is 54.5 cm³/mol. The summed E-state index contributed by atoms with van der Waals surface area (Å²) in [7, 11) is 1.28. The van der Waals surface area contributed by atoms with Gasteiger partial charge in [-0.25, -0.2) is 4.79 Å². The lowest BCUT2D eigenvalue weighted by atomic mass is 9.92. The quantitative estimate of drug-likeness (QED) is 0.715. The number of carbonyl (C=O) groups is 2. The van der Waals surface area contributed by atoms with Crippen molar-refractivity contribution >= 4 is 23.5 Å². The van der Waals surface area contributed by atoms with Gasteiger partial charge in [0.05, 0.1) is 13.0 Å². The number of hydrogen-bond donors (Lipinski definition) is 1. The summed E-state index contributed by atoms with van der Waals surface area (Å²) in [5, 5.41) is 2.49. The molecule has 1 unspecified atom stereocenters. The Kier molecular flexibility index (Phi) is 6.28. The van der Waals surface area contributed by atoms with E-state index in [1.165, 1.54) is 7.11 Å². The molecule has 0 aromatic heterocycles. The van der Waals surface area contributed by atoms with Crippen molar-refractivity contribution in [1.29, 1.82) is 0 Å². The molecule has 0 aromatic carbocycles. The van der Waals surface area contributed by atoms with Gasteiger partial charge >= 0.3 is 6.09 Å². The fourth-order valence-corrected chi connectivity index (χ4v) is 1.28. The zero-order chi connectivity index (χ0) is 11.1. The summed E-state index contributed by atoms with van der Waals surface area (Å²) >= 11 is 5.45. The fraction of sp³-hybridized carbons (Fsp3) is 0.778. The van der Waals surface area contributed by atoms with E-state index in [-0.39, 0.29) is 30.0 Å². The molecule has 82 valence electrons. The first-order valence-corrected chi connectivity index (χ1v) is 4.96. The summed E-state index contributed by atoms with van der Waals surface area (Å²) in [5.74, 6) is -0.172. The van der Waals surface area contributed by atoms with Crippen LogP contribution in [-0.2, 0) is 9.53 Å². The summed E-state index contributed by atoms with van der Waals surface area (Å²) in [5.41, 5.74) is 0. The van der Waals surface area contributed by atoms with Gasteiger partial charge in [-0.15, -0.1) is 11.6 Å². The first kappa shape index (κ1) is 13.2. The number of nitrogens with one attached hydrogen (secondary N) is 1. The van der Waals surface area contributed by atoms with Crippen LogP contribution in [0.3, 0.4) is 0 Å². The summed E-state index contributed by atoms with van der Waals surface area (Å²) in [6.07, 6.45) is -0.530. The summed E-state index contributed by atoms with van der Waals surface area (Å²) in [6, 6.07) is 0. The van der Waals surface area contributed by atoms with Gasteiger partial charge in [0.2, 0.25) is 0 Å². The lowest BCUT2D eigenvalue weighted by Gasteiger charge is -2.18. The predicted octanol–water partition coefficient (Wildman–Crippen LogP) is 1.42. The van der Waals surface area contributed by atoms with Gasteiger partial charge in [-0.2, -0.15) is 0 Å². The van der Waals surface area contributed by atoms with Crippen LogP contribution in [0.2, 0.25) is 0 Å². The lowest BCUT2D eigenvalue weighted by Crippen LogP contribution is -2.36. The van der Waals surface area contributed by atoms with Crippen molar-refractivity contribution < 1.29 is 14.3 Å². The van der Waals surface area contributed by atoms with Crippen molar-refractivity contribution in [1.82, 2.24) is 5.32 Å². The van der Waals surface area contributed by atoms with Gasteiger partial charge < -0.3 is 10.1 Å². The molecule has 0 rings (SSSR count). The number of alkyl halides is 1. The fourth-order valence-electron chi connectivity index (χ4n) is 1.09. The molecule has 0 aromatic rings. The van der Waals surface area contributed by atoms with Crippen LogP contribution in [-0.4, -0.2) is 31.4 Å². The van der Waals surface area contributed by atoms with E-state index in [2.05, 4.69) is 10.1 Å². The number of halogens is 1. The molecule has 4 nitrogen and oxygen atoms in total. The number of carbonyl (C=O) groups excluding carboxylic acids is 2. The first-order valence-electron chi connectivity index (χ1n) is 4.43. The Hall–Kier alpha value is -0.770. The minimum atomic E-state index is -0.530. The number of hydrogen-bond acceptors (Lipinski definition) is 3. The molecule has 0 fully saturated rings. The van der Waals surface area contributed by atoms with Crippen molar-refractivity contribution in [2.45, 2.75) is 13.8 Å². The van der Waals surface area contributed by atoms with Crippen LogP contribution in [0.25, 0.3) is 0 Å². The molecule has 0 aliphatic rings. The van der Waals surface area contributed by atoms with Gasteiger partial charge in [0.1, 0.15) is 0 Å². The molecule has 1 N–H and O–H groups in total. The molecule has 0 saturated carbocycles. The molecule has 0 aliphatic heterocycles. The Labute approximate surface area is 88.9 Å². The topological polar surface area (TPSA) is 55.4 Å². The Bertz CT molecular complexity index is 206. The van der Waals surface area contributed by atoms with Gasteiger partial charge in [0, 0.05) is 12.5 Å². The van der Waals surface area contributed by atoms with E-state index in [4.69, 9.17) is 11.6 Å². The SMILES string of the molecule is COC(=O)NCC(C(=O)CCl)C(C)C. The second kappa shape index (κ2) is 6.65. The third kappa shape index (κ3) is 4.46. The highest BCUT2D eigenvalue weighted by molar-refractivity contribution is 6.27. The van der Waals surface area contributed by atoms with Gasteiger partial charge in [0.15, 0.2) is 5.78 Å². The molecule has 0 heterocycles. The number of ketones is 1. The molecule has 0 spiro atoms. The molecular weight excluding hydrogens is 206 g/mol. The minimum absolute atomic E-state index is 0.0221. The van der Waals surface area contributed by atoms with E-state index in [0.717, 1.165) is 0 Å². The second-order valence-electron chi connectivity index (χ2n) is 3.32. The highest BCUT2D eigenvalue weighted by atomic mass is 35.5. The van der Waals surface area contributed by atoms with Crippen molar-refractivity contribution in [2.75, 3.05) is 19.5 Å². The van der Waals surface area contributed by atoms with E-state index in [9.17, 15) is 9.59 Å². The van der Waals surface area contributed by atoms with Crippen LogP contribution in [0, 0.1) is 11.8 Å². The third-order valence-corrected chi connectivity index (χ3v) is 2.27. The highest BCUT2D eigenvalue weighted by Crippen LogP contribution is 2.11. The van der Waals surface area contributed by atoms with Gasteiger partial charge in [-0.3, -0.25) is 4.79 Å². The molecule has 1 amide bonds. The van der Waals surface area contributed by atoms with Crippen LogP contribution in [0.4, 0.5) is 4.79 Å². The smallest absolute Gasteiger partial charge is 0.406 e. The lowest BCUT2D eigenvalue weighted by molar-refractivity contribution is -0.121. The van der Waals surface area contributed by atoms with Gasteiger partial charge in [0.25, 0.3) is 0 Å². The van der Waals surface area contributed by atoms with Crippen LogP contribution in [0.15, 0.2) is 0 Å².